The number of hydrogen-bond acceptors (Lipinski definition) is 2. The lowest BCUT2D eigenvalue weighted by Gasteiger charge is -2.23. The average molecular weight is 659 g/mol. The molecule has 2 nitrogen and oxygen atoms in total. The van der Waals surface area contributed by atoms with E-state index in [1.165, 1.54) is 134 Å². The molecule has 2 unspecified atom stereocenters. The molecular formula is C47H66N2. The molecule has 2 heteroatoms. The van der Waals surface area contributed by atoms with Gasteiger partial charge >= 0.3 is 0 Å². The third-order valence-electron chi connectivity index (χ3n) is 10.9. The van der Waals surface area contributed by atoms with Gasteiger partial charge in [-0.2, -0.15) is 0 Å². The Hall–Kier alpha value is -3.52. The maximum atomic E-state index is 6.16. The van der Waals surface area contributed by atoms with E-state index in [-0.39, 0.29) is 0 Å². The molecule has 264 valence electrons. The summed E-state index contributed by atoms with van der Waals surface area (Å²) >= 11 is 0. The van der Waals surface area contributed by atoms with Gasteiger partial charge in [-0.1, -0.05) is 158 Å². The Morgan fingerprint density at radius 2 is 0.735 bits per heavy atom. The number of benzene rings is 4. The van der Waals surface area contributed by atoms with Crippen molar-refractivity contribution in [2.45, 2.75) is 149 Å². The van der Waals surface area contributed by atoms with Gasteiger partial charge in [0.2, 0.25) is 0 Å². The molecule has 0 heterocycles. The zero-order valence-corrected chi connectivity index (χ0v) is 31.6. The van der Waals surface area contributed by atoms with Gasteiger partial charge in [-0.15, -0.1) is 0 Å². The third-order valence-corrected chi connectivity index (χ3v) is 10.9. The molecule has 49 heavy (non-hydrogen) atoms. The molecule has 0 fully saturated rings. The summed E-state index contributed by atoms with van der Waals surface area (Å²) in [5.74, 6) is 1.19. The van der Waals surface area contributed by atoms with E-state index in [4.69, 9.17) is 11.5 Å². The molecule has 0 bridgehead atoms. The standard InChI is InChI=1S/C47H66N2/c1-6-9-11-13-15-17-19-46(44-31-29-41(48)33-35(44)4)39-25-21-37(22-26-39)43(8-3)38-23-27-40(28-24-38)47(20-18-16-14-12-10-7-2)45-32-30-42(49)34-36(45)5/h21-34,43,46-47H,6-20,48-49H2,1-5H3. The molecule has 0 saturated carbocycles. The van der Waals surface area contributed by atoms with Gasteiger partial charge in [-0.25, -0.2) is 0 Å². The molecular weight excluding hydrogens is 593 g/mol. The molecule has 2 atom stereocenters. The highest BCUT2D eigenvalue weighted by molar-refractivity contribution is 5.50. The number of nitrogens with two attached hydrogens (primary N) is 2. The summed E-state index contributed by atoms with van der Waals surface area (Å²) in [7, 11) is 0. The summed E-state index contributed by atoms with van der Waals surface area (Å²) in [6.07, 6.45) is 19.3. The fourth-order valence-corrected chi connectivity index (χ4v) is 8.03. The van der Waals surface area contributed by atoms with E-state index in [0.717, 1.165) is 17.8 Å². The normalized spacial score (nSPS) is 13.3. The second kappa shape index (κ2) is 20.2. The number of rotatable bonds is 21. The minimum absolute atomic E-state index is 0.383. The molecule has 0 aromatic heterocycles. The van der Waals surface area contributed by atoms with Crippen LogP contribution >= 0.6 is 0 Å². The van der Waals surface area contributed by atoms with E-state index in [0.29, 0.717) is 17.8 Å². The average Bonchev–Trinajstić information content (AvgIpc) is 3.10. The van der Waals surface area contributed by atoms with Gasteiger partial charge in [-0.3, -0.25) is 0 Å². The highest BCUT2D eigenvalue weighted by Crippen LogP contribution is 2.37. The first-order valence-corrected chi connectivity index (χ1v) is 19.8. The van der Waals surface area contributed by atoms with Crippen molar-refractivity contribution in [2.24, 2.45) is 0 Å². The second-order valence-corrected chi connectivity index (χ2v) is 14.7. The molecule has 0 radical (unpaired) electrons. The Labute approximate surface area is 300 Å². The van der Waals surface area contributed by atoms with Crippen molar-refractivity contribution >= 4 is 11.4 Å². The predicted octanol–water partition coefficient (Wildman–Crippen LogP) is 13.8. The van der Waals surface area contributed by atoms with Crippen LogP contribution in [-0.2, 0) is 0 Å². The van der Waals surface area contributed by atoms with Crippen molar-refractivity contribution < 1.29 is 0 Å². The maximum Gasteiger partial charge on any atom is 0.0316 e. The van der Waals surface area contributed by atoms with Gasteiger partial charge in [0.15, 0.2) is 0 Å². The molecule has 0 aliphatic rings. The van der Waals surface area contributed by atoms with E-state index in [9.17, 15) is 0 Å². The lowest BCUT2D eigenvalue weighted by molar-refractivity contribution is 0.567. The number of nitrogen functional groups attached to an aromatic ring is 2. The predicted molar refractivity (Wildman–Crippen MR) is 216 cm³/mol. The zero-order chi connectivity index (χ0) is 35.0. The van der Waals surface area contributed by atoms with Crippen molar-refractivity contribution in [2.75, 3.05) is 11.5 Å². The van der Waals surface area contributed by atoms with Crippen LogP contribution < -0.4 is 11.5 Å². The quantitative estimate of drug-likeness (QED) is 0.0691. The van der Waals surface area contributed by atoms with Gasteiger partial charge in [0, 0.05) is 29.1 Å². The summed E-state index contributed by atoms with van der Waals surface area (Å²) < 4.78 is 0. The largest absolute Gasteiger partial charge is 0.399 e. The van der Waals surface area contributed by atoms with Crippen LogP contribution in [0.2, 0.25) is 0 Å². The van der Waals surface area contributed by atoms with Crippen LogP contribution in [0.5, 0.6) is 0 Å². The molecule has 0 amide bonds. The molecule has 4 N–H and O–H groups in total. The molecule has 0 aliphatic carbocycles. The molecule has 0 spiro atoms. The van der Waals surface area contributed by atoms with Crippen LogP contribution in [0.3, 0.4) is 0 Å². The first kappa shape index (κ1) is 38.3. The number of anilines is 2. The van der Waals surface area contributed by atoms with E-state index in [2.05, 4.69) is 120 Å². The highest BCUT2D eigenvalue weighted by atomic mass is 14.5. The first-order chi connectivity index (χ1) is 23.9. The number of hydrogen-bond donors (Lipinski definition) is 2. The van der Waals surface area contributed by atoms with E-state index >= 15 is 0 Å². The van der Waals surface area contributed by atoms with Crippen molar-refractivity contribution in [3.63, 3.8) is 0 Å². The zero-order valence-electron chi connectivity index (χ0n) is 31.6. The number of aryl methyl sites for hydroxylation is 2. The number of unbranched alkanes of at least 4 members (excludes halogenated alkanes) is 10. The fraction of sp³-hybridized carbons (Fsp3) is 0.489. The lowest BCUT2D eigenvalue weighted by atomic mass is 9.81. The smallest absolute Gasteiger partial charge is 0.0316 e. The SMILES string of the molecule is CCCCCCCCC(c1ccc(C(CC)c2ccc(C(CCCCCCCC)c3ccc(N)cc3C)cc2)cc1)c1ccc(N)cc1C. The maximum absolute atomic E-state index is 6.16. The Morgan fingerprint density at radius 1 is 0.408 bits per heavy atom. The van der Waals surface area contributed by atoms with Gasteiger partial charge in [0.05, 0.1) is 0 Å². The molecule has 4 aromatic rings. The second-order valence-electron chi connectivity index (χ2n) is 14.7. The van der Waals surface area contributed by atoms with Crippen LogP contribution in [0.25, 0.3) is 0 Å². The van der Waals surface area contributed by atoms with Crippen LogP contribution in [-0.4, -0.2) is 0 Å². The Kier molecular flexibility index (Phi) is 15.8. The minimum atomic E-state index is 0.383. The minimum Gasteiger partial charge on any atom is -0.399 e. The van der Waals surface area contributed by atoms with Crippen LogP contribution in [0.4, 0.5) is 11.4 Å². The van der Waals surface area contributed by atoms with Gasteiger partial charge < -0.3 is 11.5 Å². The Balaban J connectivity index is 1.52. The molecule has 4 rings (SSSR count). The monoisotopic (exact) mass is 659 g/mol. The van der Waals surface area contributed by atoms with Gasteiger partial charge in [0.25, 0.3) is 0 Å². The summed E-state index contributed by atoms with van der Waals surface area (Å²) in [6.45, 7) is 11.3. The van der Waals surface area contributed by atoms with Crippen molar-refractivity contribution in [3.05, 3.63) is 129 Å². The third kappa shape index (κ3) is 11.2. The topological polar surface area (TPSA) is 52.0 Å². The van der Waals surface area contributed by atoms with Crippen molar-refractivity contribution in [1.82, 2.24) is 0 Å². The lowest BCUT2D eigenvalue weighted by Crippen LogP contribution is -2.07. The van der Waals surface area contributed by atoms with E-state index < -0.39 is 0 Å². The fourth-order valence-electron chi connectivity index (χ4n) is 8.03. The van der Waals surface area contributed by atoms with E-state index in [1.807, 2.05) is 0 Å². The summed E-state index contributed by atoms with van der Waals surface area (Å²) in [4.78, 5) is 0. The van der Waals surface area contributed by atoms with Crippen molar-refractivity contribution in [1.29, 1.82) is 0 Å². The van der Waals surface area contributed by atoms with Crippen LogP contribution in [0.1, 0.15) is 179 Å². The Bertz CT molecular complexity index is 1400. The van der Waals surface area contributed by atoms with Crippen molar-refractivity contribution in [3.8, 4) is 0 Å². The molecule has 0 saturated heterocycles. The first-order valence-electron chi connectivity index (χ1n) is 19.8. The van der Waals surface area contributed by atoms with Gasteiger partial charge in [-0.05, 0) is 102 Å². The highest BCUT2D eigenvalue weighted by Gasteiger charge is 2.20. The van der Waals surface area contributed by atoms with Gasteiger partial charge in [0.1, 0.15) is 0 Å². The Morgan fingerprint density at radius 3 is 1.06 bits per heavy atom. The van der Waals surface area contributed by atoms with Crippen LogP contribution in [0.15, 0.2) is 84.9 Å². The molecule has 4 aromatic carbocycles. The summed E-state index contributed by atoms with van der Waals surface area (Å²) in [5, 5.41) is 0. The van der Waals surface area contributed by atoms with Crippen LogP contribution in [0, 0.1) is 13.8 Å². The summed E-state index contributed by atoms with van der Waals surface area (Å²) in [6, 6.07) is 32.2. The van der Waals surface area contributed by atoms with E-state index in [1.54, 1.807) is 0 Å². The summed E-state index contributed by atoms with van der Waals surface area (Å²) in [5.41, 5.74) is 25.1. The molecule has 0 aliphatic heterocycles.